The third-order valence-corrected chi connectivity index (χ3v) is 3.65. The summed E-state index contributed by atoms with van der Waals surface area (Å²) >= 11 is 0. The van der Waals surface area contributed by atoms with E-state index in [2.05, 4.69) is 6.58 Å². The van der Waals surface area contributed by atoms with Gasteiger partial charge in [0.05, 0.1) is 5.39 Å². The van der Waals surface area contributed by atoms with E-state index < -0.39 is 11.0 Å². The Morgan fingerprint density at radius 2 is 1.96 bits per heavy atom. The van der Waals surface area contributed by atoms with Gasteiger partial charge >= 0.3 is 0 Å². The summed E-state index contributed by atoms with van der Waals surface area (Å²) in [5, 5.41) is 20.5. The molecule has 2 aromatic carbocycles. The van der Waals surface area contributed by atoms with Gasteiger partial charge in [0, 0.05) is 0 Å². The zero-order valence-electron chi connectivity index (χ0n) is 12.8. The van der Waals surface area contributed by atoms with Gasteiger partial charge in [0.25, 0.3) is 0 Å². The number of phenolic OH excluding ortho intramolecular Hbond substituents is 2. The number of ether oxygens (including phenoxy) is 1. The van der Waals surface area contributed by atoms with Gasteiger partial charge in [-0.1, -0.05) is 12.6 Å². The lowest BCUT2D eigenvalue weighted by molar-refractivity contribution is 0.156. The molecule has 2 N–H and O–H groups in total. The van der Waals surface area contributed by atoms with E-state index >= 15 is 0 Å². The van der Waals surface area contributed by atoms with Crippen molar-refractivity contribution in [3.05, 3.63) is 53.2 Å². The number of phenols is 2. The van der Waals surface area contributed by atoms with E-state index in [1.54, 1.807) is 32.1 Å². The van der Waals surface area contributed by atoms with Gasteiger partial charge in [-0.05, 0) is 44.2 Å². The van der Waals surface area contributed by atoms with Crippen LogP contribution in [0.3, 0.4) is 0 Å². The normalized spacial score (nSPS) is 11.7. The predicted octanol–water partition coefficient (Wildman–Crippen LogP) is 3.70. The van der Waals surface area contributed by atoms with Crippen LogP contribution >= 0.6 is 0 Å². The van der Waals surface area contributed by atoms with E-state index in [1.165, 1.54) is 18.2 Å². The molecular formula is C18H16O5. The summed E-state index contributed by atoms with van der Waals surface area (Å²) in [6.45, 7) is 7.26. The molecule has 0 saturated carbocycles. The van der Waals surface area contributed by atoms with E-state index in [0.717, 1.165) is 0 Å². The van der Waals surface area contributed by atoms with Crippen LogP contribution in [0.4, 0.5) is 0 Å². The lowest BCUT2D eigenvalue weighted by Crippen LogP contribution is -2.24. The maximum atomic E-state index is 12.5. The van der Waals surface area contributed by atoms with Crippen molar-refractivity contribution in [2.45, 2.75) is 19.4 Å². The molecule has 1 heterocycles. The van der Waals surface area contributed by atoms with Crippen LogP contribution < -0.4 is 10.2 Å². The number of fused-ring (bicyclic) bond motifs is 2. The standard InChI is InChI=1S/C18H16O5/c1-4-18(2,3)23-13-9-8-10-15(20)14-11(19)6-5-7-12(14)22-17(10)16(13)21/h4-9,19,21H,1H2,2-3H3. The number of aromatic hydroxyl groups is 2. The molecule has 1 aromatic heterocycles. The van der Waals surface area contributed by atoms with Gasteiger partial charge in [-0.15, -0.1) is 0 Å². The molecule has 0 bridgehead atoms. The number of hydrogen-bond donors (Lipinski definition) is 2. The van der Waals surface area contributed by atoms with Crippen molar-refractivity contribution in [1.29, 1.82) is 0 Å². The number of rotatable bonds is 3. The second-order valence-corrected chi connectivity index (χ2v) is 5.78. The van der Waals surface area contributed by atoms with Gasteiger partial charge in [0.1, 0.15) is 22.3 Å². The lowest BCUT2D eigenvalue weighted by Gasteiger charge is -2.23. The summed E-state index contributed by atoms with van der Waals surface area (Å²) in [4.78, 5) is 12.5. The topological polar surface area (TPSA) is 79.9 Å². The maximum absolute atomic E-state index is 12.5. The van der Waals surface area contributed by atoms with Gasteiger partial charge in [-0.2, -0.15) is 0 Å². The summed E-state index contributed by atoms with van der Waals surface area (Å²) in [6, 6.07) is 7.52. The largest absolute Gasteiger partial charge is 0.507 e. The Labute approximate surface area is 132 Å². The average molecular weight is 312 g/mol. The summed E-state index contributed by atoms with van der Waals surface area (Å²) in [7, 11) is 0. The van der Waals surface area contributed by atoms with Gasteiger partial charge in [0.2, 0.25) is 11.2 Å². The zero-order chi connectivity index (χ0) is 16.8. The van der Waals surface area contributed by atoms with Crippen LogP contribution in [-0.4, -0.2) is 15.8 Å². The Morgan fingerprint density at radius 1 is 1.22 bits per heavy atom. The van der Waals surface area contributed by atoms with Crippen molar-refractivity contribution in [2.75, 3.05) is 0 Å². The third kappa shape index (κ3) is 2.40. The van der Waals surface area contributed by atoms with Crippen molar-refractivity contribution in [3.8, 4) is 17.2 Å². The van der Waals surface area contributed by atoms with Crippen LogP contribution in [0.15, 0.2) is 52.2 Å². The molecule has 0 saturated heterocycles. The van der Waals surface area contributed by atoms with E-state index in [-0.39, 0.29) is 39.2 Å². The van der Waals surface area contributed by atoms with Crippen molar-refractivity contribution >= 4 is 21.9 Å². The third-order valence-electron chi connectivity index (χ3n) is 3.65. The molecule has 5 nitrogen and oxygen atoms in total. The molecule has 5 heteroatoms. The fourth-order valence-electron chi connectivity index (χ4n) is 2.32. The van der Waals surface area contributed by atoms with Gasteiger partial charge in [-0.25, -0.2) is 0 Å². The van der Waals surface area contributed by atoms with Gasteiger partial charge < -0.3 is 19.4 Å². The van der Waals surface area contributed by atoms with Crippen LogP contribution in [0.5, 0.6) is 17.2 Å². The molecule has 3 rings (SSSR count). The molecule has 0 aliphatic carbocycles. The van der Waals surface area contributed by atoms with E-state index in [9.17, 15) is 15.0 Å². The molecule has 0 atom stereocenters. The highest BCUT2D eigenvalue weighted by Gasteiger charge is 2.21. The first-order chi connectivity index (χ1) is 10.8. The highest BCUT2D eigenvalue weighted by atomic mass is 16.5. The van der Waals surface area contributed by atoms with Crippen molar-refractivity contribution in [3.63, 3.8) is 0 Å². The average Bonchev–Trinajstić information content (AvgIpc) is 2.51. The Bertz CT molecular complexity index is 982. The van der Waals surface area contributed by atoms with Crippen LogP contribution in [-0.2, 0) is 0 Å². The van der Waals surface area contributed by atoms with Gasteiger partial charge in [-0.3, -0.25) is 4.79 Å². The van der Waals surface area contributed by atoms with Crippen LogP contribution in [0.1, 0.15) is 13.8 Å². The lowest BCUT2D eigenvalue weighted by atomic mass is 10.1. The monoisotopic (exact) mass is 312 g/mol. The minimum absolute atomic E-state index is 0.0189. The number of benzene rings is 2. The maximum Gasteiger partial charge on any atom is 0.204 e. The Hall–Kier alpha value is -2.95. The highest BCUT2D eigenvalue weighted by molar-refractivity contribution is 5.95. The molecule has 118 valence electrons. The summed E-state index contributed by atoms with van der Waals surface area (Å²) in [6.07, 6.45) is 1.60. The Balaban J connectivity index is 2.32. The fourth-order valence-corrected chi connectivity index (χ4v) is 2.32. The van der Waals surface area contributed by atoms with E-state index in [1.807, 2.05) is 0 Å². The molecule has 3 aromatic rings. The van der Waals surface area contributed by atoms with E-state index in [0.29, 0.717) is 0 Å². The Kier molecular flexibility index (Phi) is 3.29. The second-order valence-electron chi connectivity index (χ2n) is 5.78. The van der Waals surface area contributed by atoms with Crippen molar-refractivity contribution in [1.82, 2.24) is 0 Å². The predicted molar refractivity (Wildman–Crippen MR) is 88.2 cm³/mol. The fraction of sp³-hybridized carbons (Fsp3) is 0.167. The highest BCUT2D eigenvalue weighted by Crippen LogP contribution is 2.37. The first-order valence-corrected chi connectivity index (χ1v) is 7.07. The van der Waals surface area contributed by atoms with Crippen molar-refractivity contribution < 1.29 is 19.4 Å². The molecule has 0 radical (unpaired) electrons. The molecule has 23 heavy (non-hydrogen) atoms. The minimum Gasteiger partial charge on any atom is -0.507 e. The molecular weight excluding hydrogens is 296 g/mol. The smallest absolute Gasteiger partial charge is 0.204 e. The molecule has 0 unspecified atom stereocenters. The Morgan fingerprint density at radius 3 is 2.65 bits per heavy atom. The molecule has 0 aliphatic rings. The number of hydrogen-bond acceptors (Lipinski definition) is 5. The quantitative estimate of drug-likeness (QED) is 0.569. The van der Waals surface area contributed by atoms with Crippen LogP contribution in [0.25, 0.3) is 21.9 Å². The SMILES string of the molecule is C=CC(C)(C)Oc1ccc2c(=O)c3c(O)cccc3oc2c1O. The molecule has 0 fully saturated rings. The first kappa shape index (κ1) is 15.0. The van der Waals surface area contributed by atoms with E-state index in [4.69, 9.17) is 9.15 Å². The van der Waals surface area contributed by atoms with Crippen LogP contribution in [0.2, 0.25) is 0 Å². The summed E-state index contributed by atoms with van der Waals surface area (Å²) < 4.78 is 11.3. The molecule has 0 aliphatic heterocycles. The zero-order valence-corrected chi connectivity index (χ0v) is 12.8. The molecule has 0 amide bonds. The van der Waals surface area contributed by atoms with Crippen LogP contribution in [0, 0.1) is 0 Å². The van der Waals surface area contributed by atoms with Gasteiger partial charge in [0.15, 0.2) is 11.3 Å². The first-order valence-electron chi connectivity index (χ1n) is 7.07. The van der Waals surface area contributed by atoms with Crippen molar-refractivity contribution in [2.24, 2.45) is 0 Å². The summed E-state index contributed by atoms with van der Waals surface area (Å²) in [5.74, 6) is -0.240. The summed E-state index contributed by atoms with van der Waals surface area (Å²) in [5.41, 5.74) is -0.895. The minimum atomic E-state index is -0.694. The second kappa shape index (κ2) is 5.05. The molecule has 0 spiro atoms.